The number of nitrogens with zero attached hydrogens (tertiary/aromatic N) is 3. The Bertz CT molecular complexity index is 982. The molecule has 0 atom stereocenters. The maximum absolute atomic E-state index is 12.1. The van der Waals surface area contributed by atoms with Crippen molar-refractivity contribution in [3.8, 4) is 6.07 Å². The van der Waals surface area contributed by atoms with Crippen LogP contribution < -0.4 is 10.6 Å². The van der Waals surface area contributed by atoms with Crippen molar-refractivity contribution in [2.45, 2.75) is 0 Å². The normalized spacial score (nSPS) is 10.6. The molecule has 0 aliphatic carbocycles. The van der Waals surface area contributed by atoms with Gasteiger partial charge in [-0.05, 0) is 24.3 Å². The zero-order valence-corrected chi connectivity index (χ0v) is 14.1. The maximum Gasteiger partial charge on any atom is 0.289 e. The molecule has 2 rings (SSSR count). The molecule has 0 spiro atoms. The minimum absolute atomic E-state index is 0.0500. The monoisotopic (exact) mass is 387 g/mol. The Morgan fingerprint density at radius 1 is 1.07 bits per heavy atom. The fourth-order valence-electron chi connectivity index (χ4n) is 1.91. The summed E-state index contributed by atoms with van der Waals surface area (Å²) in [5.74, 6) is -0.762. The standard InChI is InChI=1S/C16H10ClN5O5/c17-14-6-3-12(7-15(14)22(26)27)19-9-10(8-18)16(23)20-11-1-4-13(5-2-11)21(24)25/h1-7,9,19H,(H,20,23)/b10-9-. The second kappa shape index (κ2) is 8.41. The van der Waals surface area contributed by atoms with E-state index in [1.807, 2.05) is 0 Å². The average molecular weight is 388 g/mol. The number of rotatable bonds is 6. The number of carbonyl (C=O) groups is 1. The molecule has 136 valence electrons. The molecule has 2 aromatic carbocycles. The lowest BCUT2D eigenvalue weighted by molar-refractivity contribution is -0.384. The van der Waals surface area contributed by atoms with Crippen molar-refractivity contribution in [1.82, 2.24) is 0 Å². The number of nitriles is 1. The van der Waals surface area contributed by atoms with Gasteiger partial charge in [0.05, 0.1) is 9.85 Å². The summed E-state index contributed by atoms with van der Waals surface area (Å²) in [5, 5.41) is 35.6. The van der Waals surface area contributed by atoms with Crippen LogP contribution in [0, 0.1) is 31.6 Å². The molecule has 0 aromatic heterocycles. The molecular weight excluding hydrogens is 378 g/mol. The molecule has 11 heteroatoms. The average Bonchev–Trinajstić information content (AvgIpc) is 2.63. The number of benzene rings is 2. The topological polar surface area (TPSA) is 151 Å². The summed E-state index contributed by atoms with van der Waals surface area (Å²) in [6.45, 7) is 0. The Hall–Kier alpha value is -3.97. The SMILES string of the molecule is N#C/C(=C/Nc1ccc(Cl)c([N+](=O)[O-])c1)C(=O)Nc1ccc([N+](=O)[O-])cc1. The van der Waals surface area contributed by atoms with E-state index in [4.69, 9.17) is 16.9 Å². The van der Waals surface area contributed by atoms with E-state index in [0.717, 1.165) is 12.3 Å². The minimum atomic E-state index is -0.762. The molecule has 0 unspecified atom stereocenters. The molecule has 0 radical (unpaired) electrons. The van der Waals surface area contributed by atoms with Gasteiger partial charge in [-0.3, -0.25) is 25.0 Å². The fourth-order valence-corrected chi connectivity index (χ4v) is 2.10. The zero-order chi connectivity index (χ0) is 20.0. The lowest BCUT2D eigenvalue weighted by Gasteiger charge is -2.05. The van der Waals surface area contributed by atoms with Gasteiger partial charge in [-0.15, -0.1) is 0 Å². The Kier molecular flexibility index (Phi) is 6.03. The number of hydrogen-bond donors (Lipinski definition) is 2. The van der Waals surface area contributed by atoms with E-state index >= 15 is 0 Å². The van der Waals surface area contributed by atoms with Crippen molar-refractivity contribution < 1.29 is 14.6 Å². The summed E-state index contributed by atoms with van der Waals surface area (Å²) in [6.07, 6.45) is 1.08. The summed E-state index contributed by atoms with van der Waals surface area (Å²) in [5.41, 5.74) is -0.277. The third kappa shape index (κ3) is 5.00. The van der Waals surface area contributed by atoms with Crippen LogP contribution in [0.2, 0.25) is 5.02 Å². The predicted octanol–water partition coefficient (Wildman–Crippen LogP) is 3.61. The van der Waals surface area contributed by atoms with Gasteiger partial charge < -0.3 is 10.6 Å². The summed E-state index contributed by atoms with van der Waals surface area (Å²) in [7, 11) is 0. The van der Waals surface area contributed by atoms with E-state index in [-0.39, 0.29) is 33.3 Å². The Morgan fingerprint density at radius 3 is 2.26 bits per heavy atom. The lowest BCUT2D eigenvalue weighted by atomic mass is 10.2. The first kappa shape index (κ1) is 19.4. The van der Waals surface area contributed by atoms with Gasteiger partial charge in [-0.2, -0.15) is 5.26 Å². The number of amides is 1. The number of carbonyl (C=O) groups excluding carboxylic acids is 1. The fraction of sp³-hybridized carbons (Fsp3) is 0. The highest BCUT2D eigenvalue weighted by Crippen LogP contribution is 2.27. The number of nitro groups is 2. The summed E-state index contributed by atoms with van der Waals surface area (Å²) >= 11 is 5.71. The third-order valence-electron chi connectivity index (χ3n) is 3.23. The second-order valence-electron chi connectivity index (χ2n) is 5.00. The highest BCUT2D eigenvalue weighted by Gasteiger charge is 2.14. The largest absolute Gasteiger partial charge is 0.360 e. The van der Waals surface area contributed by atoms with Gasteiger partial charge >= 0.3 is 0 Å². The van der Waals surface area contributed by atoms with E-state index in [1.165, 1.54) is 36.4 Å². The van der Waals surface area contributed by atoms with E-state index in [2.05, 4.69) is 10.6 Å². The number of nitro benzene ring substituents is 2. The molecule has 0 saturated carbocycles. The van der Waals surface area contributed by atoms with Crippen LogP contribution in [0.5, 0.6) is 0 Å². The highest BCUT2D eigenvalue weighted by molar-refractivity contribution is 6.32. The first-order valence-electron chi connectivity index (χ1n) is 7.18. The number of nitrogens with one attached hydrogen (secondary N) is 2. The van der Waals surface area contributed by atoms with Crippen LogP contribution >= 0.6 is 11.6 Å². The molecule has 0 aliphatic heterocycles. The Balaban J connectivity index is 2.12. The molecule has 27 heavy (non-hydrogen) atoms. The van der Waals surface area contributed by atoms with Crippen LogP contribution in [-0.2, 0) is 4.79 Å². The smallest absolute Gasteiger partial charge is 0.289 e. The van der Waals surface area contributed by atoms with Crippen molar-refractivity contribution in [2.24, 2.45) is 0 Å². The van der Waals surface area contributed by atoms with Gasteiger partial charge in [0.15, 0.2) is 0 Å². The van der Waals surface area contributed by atoms with E-state index < -0.39 is 15.8 Å². The minimum Gasteiger partial charge on any atom is -0.360 e. The number of anilines is 2. The van der Waals surface area contributed by atoms with Gasteiger partial charge in [0.2, 0.25) is 0 Å². The lowest BCUT2D eigenvalue weighted by Crippen LogP contribution is -2.14. The summed E-state index contributed by atoms with van der Waals surface area (Å²) < 4.78 is 0. The van der Waals surface area contributed by atoms with Gasteiger partial charge in [0, 0.05) is 35.8 Å². The zero-order valence-electron chi connectivity index (χ0n) is 13.4. The van der Waals surface area contributed by atoms with Gasteiger partial charge in [-0.1, -0.05) is 11.6 Å². The van der Waals surface area contributed by atoms with Crippen LogP contribution in [-0.4, -0.2) is 15.8 Å². The highest BCUT2D eigenvalue weighted by atomic mass is 35.5. The predicted molar refractivity (Wildman–Crippen MR) is 97.2 cm³/mol. The Morgan fingerprint density at radius 2 is 1.70 bits per heavy atom. The molecular formula is C16H10ClN5O5. The molecule has 0 bridgehead atoms. The second-order valence-corrected chi connectivity index (χ2v) is 5.40. The molecule has 10 nitrogen and oxygen atoms in total. The molecule has 0 fully saturated rings. The van der Waals surface area contributed by atoms with Crippen molar-refractivity contribution in [2.75, 3.05) is 10.6 Å². The number of non-ortho nitro benzene ring substituents is 1. The molecule has 2 N–H and O–H groups in total. The quantitative estimate of drug-likeness (QED) is 0.332. The van der Waals surface area contributed by atoms with Gasteiger partial charge in [-0.25, -0.2) is 0 Å². The first-order valence-corrected chi connectivity index (χ1v) is 7.56. The van der Waals surface area contributed by atoms with E-state index in [9.17, 15) is 25.0 Å². The Labute approximate surface area is 157 Å². The van der Waals surface area contributed by atoms with Crippen molar-refractivity contribution in [1.29, 1.82) is 5.26 Å². The molecule has 1 amide bonds. The van der Waals surface area contributed by atoms with Crippen molar-refractivity contribution in [3.63, 3.8) is 0 Å². The summed E-state index contributed by atoms with van der Waals surface area (Å²) in [4.78, 5) is 32.3. The molecule has 0 saturated heterocycles. The molecule has 2 aromatic rings. The van der Waals surface area contributed by atoms with Crippen LogP contribution in [0.3, 0.4) is 0 Å². The van der Waals surface area contributed by atoms with Crippen LogP contribution in [0.1, 0.15) is 0 Å². The van der Waals surface area contributed by atoms with Crippen LogP contribution in [0.4, 0.5) is 22.7 Å². The maximum atomic E-state index is 12.1. The van der Waals surface area contributed by atoms with Gasteiger partial charge in [0.25, 0.3) is 17.3 Å². The number of halogens is 1. The van der Waals surface area contributed by atoms with Crippen molar-refractivity contribution >= 4 is 40.3 Å². The molecule has 0 aliphatic rings. The third-order valence-corrected chi connectivity index (χ3v) is 3.55. The van der Waals surface area contributed by atoms with Gasteiger partial charge in [0.1, 0.15) is 16.7 Å². The molecule has 0 heterocycles. The number of hydrogen-bond acceptors (Lipinski definition) is 7. The van der Waals surface area contributed by atoms with Crippen LogP contribution in [0.15, 0.2) is 54.2 Å². The van der Waals surface area contributed by atoms with Crippen LogP contribution in [0.25, 0.3) is 0 Å². The van der Waals surface area contributed by atoms with E-state index in [0.29, 0.717) is 0 Å². The summed E-state index contributed by atoms with van der Waals surface area (Å²) in [6, 6.07) is 10.6. The van der Waals surface area contributed by atoms with E-state index in [1.54, 1.807) is 6.07 Å². The first-order chi connectivity index (χ1) is 12.8. The van der Waals surface area contributed by atoms with Crippen molar-refractivity contribution in [3.05, 3.63) is 79.5 Å².